The first-order valence-corrected chi connectivity index (χ1v) is 5.87. The number of pyridine rings is 1. The summed E-state index contributed by atoms with van der Waals surface area (Å²) in [4.78, 5) is 4.16. The second-order valence-electron chi connectivity index (χ2n) is 3.63. The fraction of sp³-hybridized carbons (Fsp3) is 0.0769. The van der Waals surface area contributed by atoms with Gasteiger partial charge in [-0.3, -0.25) is 0 Å². The van der Waals surface area contributed by atoms with Crippen molar-refractivity contribution in [3.8, 4) is 6.07 Å². The third-order valence-corrected chi connectivity index (χ3v) is 2.84. The summed E-state index contributed by atoms with van der Waals surface area (Å²) in [7, 11) is 0. The van der Waals surface area contributed by atoms with Gasteiger partial charge in [0.25, 0.3) is 0 Å². The maximum Gasteiger partial charge on any atom is 0.130 e. The minimum Gasteiger partial charge on any atom is -0.340 e. The number of nitrogens with one attached hydrogen (secondary N) is 1. The van der Waals surface area contributed by atoms with Crippen molar-refractivity contribution in [2.75, 3.05) is 5.32 Å². The van der Waals surface area contributed by atoms with Crippen molar-refractivity contribution in [3.63, 3.8) is 0 Å². The number of aryl methyl sites for hydroxylation is 1. The standard InChI is InChI=1S/C13H10BrN3/c1-9-6-11(14)3-4-12(9)17-13-5-2-10(7-15)8-16-13/h2-6,8H,1H3,(H,16,17). The molecular weight excluding hydrogens is 278 g/mol. The van der Waals surface area contributed by atoms with Crippen LogP contribution in [0.3, 0.4) is 0 Å². The summed E-state index contributed by atoms with van der Waals surface area (Å²) in [6, 6.07) is 11.6. The monoisotopic (exact) mass is 287 g/mol. The third kappa shape index (κ3) is 2.83. The Balaban J connectivity index is 2.23. The highest BCUT2D eigenvalue weighted by Gasteiger charge is 2.00. The lowest BCUT2D eigenvalue weighted by molar-refractivity contribution is 1.28. The van der Waals surface area contributed by atoms with Crippen LogP contribution >= 0.6 is 15.9 Å². The van der Waals surface area contributed by atoms with E-state index in [1.165, 1.54) is 0 Å². The summed E-state index contributed by atoms with van der Waals surface area (Å²) in [5.74, 6) is 0.731. The molecule has 2 aromatic rings. The van der Waals surface area contributed by atoms with E-state index in [0.717, 1.165) is 21.5 Å². The number of nitrogens with zero attached hydrogens (tertiary/aromatic N) is 2. The van der Waals surface area contributed by atoms with Crippen LogP contribution in [0.5, 0.6) is 0 Å². The maximum atomic E-state index is 8.68. The van der Waals surface area contributed by atoms with Crippen molar-refractivity contribution in [2.45, 2.75) is 6.92 Å². The van der Waals surface area contributed by atoms with Crippen molar-refractivity contribution in [1.29, 1.82) is 5.26 Å². The molecule has 1 N–H and O–H groups in total. The largest absolute Gasteiger partial charge is 0.340 e. The van der Waals surface area contributed by atoms with E-state index < -0.39 is 0 Å². The van der Waals surface area contributed by atoms with E-state index in [2.05, 4.69) is 26.2 Å². The topological polar surface area (TPSA) is 48.7 Å². The molecule has 0 aliphatic carbocycles. The molecule has 4 heteroatoms. The first kappa shape index (κ1) is 11.6. The number of hydrogen-bond acceptors (Lipinski definition) is 3. The minimum atomic E-state index is 0.558. The van der Waals surface area contributed by atoms with Gasteiger partial charge in [0.05, 0.1) is 5.56 Å². The molecule has 1 heterocycles. The van der Waals surface area contributed by atoms with Gasteiger partial charge in [0.2, 0.25) is 0 Å². The van der Waals surface area contributed by atoms with Gasteiger partial charge in [-0.05, 0) is 42.8 Å². The molecule has 17 heavy (non-hydrogen) atoms. The Kier molecular flexibility index (Phi) is 3.40. The van der Waals surface area contributed by atoms with Crippen LogP contribution in [0.4, 0.5) is 11.5 Å². The smallest absolute Gasteiger partial charge is 0.130 e. The van der Waals surface area contributed by atoms with Gasteiger partial charge < -0.3 is 5.32 Å². The summed E-state index contributed by atoms with van der Waals surface area (Å²) in [6.45, 7) is 2.02. The molecule has 0 aliphatic rings. The molecule has 0 saturated carbocycles. The Labute approximate surface area is 108 Å². The molecule has 0 unspecified atom stereocenters. The summed E-state index contributed by atoms with van der Waals surface area (Å²) in [5, 5.41) is 11.9. The molecule has 1 aromatic carbocycles. The van der Waals surface area contributed by atoms with Crippen LogP contribution in [0.25, 0.3) is 0 Å². The van der Waals surface area contributed by atoms with Crippen molar-refractivity contribution in [3.05, 3.63) is 52.1 Å². The van der Waals surface area contributed by atoms with E-state index in [0.29, 0.717) is 5.56 Å². The molecule has 3 nitrogen and oxygen atoms in total. The van der Waals surface area contributed by atoms with Gasteiger partial charge in [-0.2, -0.15) is 5.26 Å². The highest BCUT2D eigenvalue weighted by Crippen LogP contribution is 2.22. The Hall–Kier alpha value is -1.86. The van der Waals surface area contributed by atoms with Gasteiger partial charge in [-0.15, -0.1) is 0 Å². The van der Waals surface area contributed by atoms with Crippen LogP contribution in [-0.2, 0) is 0 Å². The number of hydrogen-bond donors (Lipinski definition) is 1. The Morgan fingerprint density at radius 1 is 1.29 bits per heavy atom. The summed E-state index contributed by atoms with van der Waals surface area (Å²) < 4.78 is 1.05. The number of benzene rings is 1. The van der Waals surface area contributed by atoms with Gasteiger partial charge in [-0.1, -0.05) is 15.9 Å². The molecule has 2 rings (SSSR count). The highest BCUT2D eigenvalue weighted by molar-refractivity contribution is 9.10. The van der Waals surface area contributed by atoms with E-state index >= 15 is 0 Å². The first-order valence-electron chi connectivity index (χ1n) is 5.08. The molecule has 84 valence electrons. The van der Waals surface area contributed by atoms with Gasteiger partial charge >= 0.3 is 0 Å². The molecule has 0 radical (unpaired) electrons. The van der Waals surface area contributed by atoms with Gasteiger partial charge in [-0.25, -0.2) is 4.98 Å². The van der Waals surface area contributed by atoms with Crippen molar-refractivity contribution >= 4 is 27.4 Å². The fourth-order valence-electron chi connectivity index (χ4n) is 1.44. The molecular formula is C13H10BrN3. The van der Waals surface area contributed by atoms with Crippen LogP contribution in [0.15, 0.2) is 41.0 Å². The highest BCUT2D eigenvalue weighted by atomic mass is 79.9. The Bertz CT molecular complexity index is 570. The Morgan fingerprint density at radius 2 is 2.12 bits per heavy atom. The normalized spacial score (nSPS) is 9.71. The third-order valence-electron chi connectivity index (χ3n) is 2.34. The quantitative estimate of drug-likeness (QED) is 0.915. The molecule has 0 saturated heterocycles. The van der Waals surface area contributed by atoms with E-state index in [-0.39, 0.29) is 0 Å². The van der Waals surface area contributed by atoms with Gasteiger partial charge in [0.15, 0.2) is 0 Å². The van der Waals surface area contributed by atoms with Crippen LogP contribution < -0.4 is 5.32 Å². The van der Waals surface area contributed by atoms with Gasteiger partial charge in [0.1, 0.15) is 11.9 Å². The molecule has 0 bridgehead atoms. The zero-order chi connectivity index (χ0) is 12.3. The summed E-state index contributed by atoms with van der Waals surface area (Å²) in [5.41, 5.74) is 2.69. The predicted octanol–water partition coefficient (Wildman–Crippen LogP) is 3.77. The van der Waals surface area contributed by atoms with Crippen LogP contribution in [0.1, 0.15) is 11.1 Å². The number of anilines is 2. The second kappa shape index (κ2) is 4.98. The number of rotatable bonds is 2. The SMILES string of the molecule is Cc1cc(Br)ccc1Nc1ccc(C#N)cn1. The van der Waals surface area contributed by atoms with Crippen molar-refractivity contribution in [1.82, 2.24) is 4.98 Å². The van der Waals surface area contributed by atoms with Crippen molar-refractivity contribution < 1.29 is 0 Å². The molecule has 0 amide bonds. The summed E-state index contributed by atoms with van der Waals surface area (Å²) in [6.07, 6.45) is 1.55. The summed E-state index contributed by atoms with van der Waals surface area (Å²) >= 11 is 3.42. The zero-order valence-electron chi connectivity index (χ0n) is 9.24. The lowest BCUT2D eigenvalue weighted by Crippen LogP contribution is -1.95. The molecule has 0 fully saturated rings. The van der Waals surface area contributed by atoms with Crippen molar-refractivity contribution in [2.24, 2.45) is 0 Å². The predicted molar refractivity (Wildman–Crippen MR) is 71.1 cm³/mol. The lowest BCUT2D eigenvalue weighted by atomic mass is 10.2. The molecule has 0 spiro atoms. The molecule has 1 aromatic heterocycles. The number of halogens is 1. The van der Waals surface area contributed by atoms with Gasteiger partial charge in [0, 0.05) is 16.4 Å². The number of aromatic nitrogens is 1. The molecule has 0 atom stereocenters. The van der Waals surface area contributed by atoms with Crippen LogP contribution in [0, 0.1) is 18.3 Å². The fourth-order valence-corrected chi connectivity index (χ4v) is 1.91. The average Bonchev–Trinajstić information content (AvgIpc) is 2.34. The average molecular weight is 288 g/mol. The number of nitriles is 1. The van der Waals surface area contributed by atoms with Crippen LogP contribution in [0.2, 0.25) is 0 Å². The first-order chi connectivity index (χ1) is 8.19. The van der Waals surface area contributed by atoms with E-state index in [1.54, 1.807) is 18.3 Å². The van der Waals surface area contributed by atoms with Crippen LogP contribution in [-0.4, -0.2) is 4.98 Å². The lowest BCUT2D eigenvalue weighted by Gasteiger charge is -2.08. The second-order valence-corrected chi connectivity index (χ2v) is 4.54. The zero-order valence-corrected chi connectivity index (χ0v) is 10.8. The van der Waals surface area contributed by atoms with E-state index in [4.69, 9.17) is 5.26 Å². The van der Waals surface area contributed by atoms with E-state index in [9.17, 15) is 0 Å². The molecule has 0 aliphatic heterocycles. The maximum absolute atomic E-state index is 8.68. The minimum absolute atomic E-state index is 0.558. The van der Waals surface area contributed by atoms with E-state index in [1.807, 2.05) is 31.2 Å². The Morgan fingerprint density at radius 3 is 2.71 bits per heavy atom.